The van der Waals surface area contributed by atoms with Crippen LogP contribution in [0.1, 0.15) is 0 Å². The summed E-state index contributed by atoms with van der Waals surface area (Å²) in [6.45, 7) is 0. The van der Waals surface area contributed by atoms with Crippen molar-refractivity contribution in [1.82, 2.24) is 0 Å². The molecule has 0 atom stereocenters. The molecule has 0 saturated heterocycles. The minimum Gasteiger partial charge on any atom is -0.112 e. The Morgan fingerprint density at radius 2 is 0.554 bits per heavy atom. The molecule has 12 aromatic rings. The van der Waals surface area contributed by atoms with Crippen molar-refractivity contribution in [2.45, 2.75) is 0 Å². The summed E-state index contributed by atoms with van der Waals surface area (Å²) in [5.41, 5.74) is 8.75. The monoisotopic (exact) mass is 796 g/mol. The fraction of sp³-hybridized carbons (Fsp3) is 0. The van der Waals surface area contributed by atoms with E-state index >= 15 is 0 Å². The van der Waals surface area contributed by atoms with Gasteiger partial charge in [0, 0.05) is 0 Å². The van der Waals surface area contributed by atoms with Crippen molar-refractivity contribution in [1.29, 1.82) is 0 Å². The molecule has 0 N–H and O–H groups in total. The summed E-state index contributed by atoms with van der Waals surface area (Å²) in [6, 6.07) is 54.5. The molecule has 65 heavy (non-hydrogen) atoms. The molecule has 18 radical (unpaired) electrons. The Balaban J connectivity index is 1.13. The van der Waals surface area contributed by atoms with E-state index in [0.717, 1.165) is 44.2 Å². The van der Waals surface area contributed by atoms with E-state index in [9.17, 15) is 0 Å². The molecule has 12 rings (SSSR count). The average Bonchev–Trinajstić information content (AvgIpc) is 3.34. The third-order valence-corrected chi connectivity index (χ3v) is 13.7. The summed E-state index contributed by atoms with van der Waals surface area (Å²) < 4.78 is 0. The van der Waals surface area contributed by atoms with E-state index in [1.54, 1.807) is 0 Å². The van der Waals surface area contributed by atoms with Gasteiger partial charge in [0.25, 0.3) is 0 Å². The normalized spacial score (nSPS) is 11.9. The molecule has 0 spiro atoms. The Labute approximate surface area is 389 Å². The third-order valence-electron chi connectivity index (χ3n) is 13.7. The summed E-state index contributed by atoms with van der Waals surface area (Å²) in [5.74, 6) is 0. The third kappa shape index (κ3) is 5.84. The SMILES string of the molecule is [B]c1c([B])c([B])c(-c2c([B])c([B])c([B])c(-c3cc(-c4cccc(-c5ccc6ccc7cccc8ccc5c6c78)c4)cc(-c4ccc5ccc6cccc7ccc4c5c67)c3)c2[B])c([B])c1[B]. The zero-order valence-corrected chi connectivity index (χ0v) is 35.1. The summed E-state index contributed by atoms with van der Waals surface area (Å²) in [6.07, 6.45) is 0. The van der Waals surface area contributed by atoms with E-state index in [-0.39, 0.29) is 60.3 Å². The van der Waals surface area contributed by atoms with Crippen LogP contribution in [0.4, 0.5) is 0 Å². The van der Waals surface area contributed by atoms with Crippen LogP contribution in [0.5, 0.6) is 0 Å². The fourth-order valence-electron chi connectivity index (χ4n) is 10.5. The molecule has 9 heteroatoms. The lowest BCUT2D eigenvalue weighted by Crippen LogP contribution is -2.57. The standard InChI is InChI=1S/C56H25B9/c57-48-45(49(58)53(62)50(59)46(48)47-51(60)54(63)56(65)55(64)52(47)61)36-24-34(23-35(25-36)38-19-15-31-13-11-27-5-2-7-29-17-21-40(38)44(31)42(27)29)32-8-3-9-33(22-32)37-18-14-30-12-10-26-4-1-6-28-16-20-39(37)43(30)41(26)28/h1-25H. The molecule has 0 nitrogen and oxygen atoms in total. The van der Waals surface area contributed by atoms with Crippen LogP contribution in [0.3, 0.4) is 0 Å². The summed E-state index contributed by atoms with van der Waals surface area (Å²) in [7, 11) is 60.0. The number of hydrogen-bond acceptors (Lipinski definition) is 0. The highest BCUT2D eigenvalue weighted by molar-refractivity contribution is 6.70. The van der Waals surface area contributed by atoms with Gasteiger partial charge in [0.05, 0.1) is 0 Å². The first-order valence-corrected chi connectivity index (χ1v) is 21.4. The van der Waals surface area contributed by atoms with Crippen LogP contribution >= 0.6 is 0 Å². The lowest BCUT2D eigenvalue weighted by Gasteiger charge is -2.28. The second-order valence-corrected chi connectivity index (χ2v) is 17.2. The molecular weight excluding hydrogens is 770 g/mol. The summed E-state index contributed by atoms with van der Waals surface area (Å²) in [4.78, 5) is 0. The fourth-order valence-corrected chi connectivity index (χ4v) is 10.5. The molecule has 0 aliphatic heterocycles. The Morgan fingerprint density at radius 3 is 1.09 bits per heavy atom. The van der Waals surface area contributed by atoms with Crippen molar-refractivity contribution in [3.63, 3.8) is 0 Å². The zero-order valence-electron chi connectivity index (χ0n) is 35.1. The molecule has 0 aliphatic carbocycles. The maximum Gasteiger partial charge on any atom is 0.115 e. The Morgan fingerprint density at radius 1 is 0.215 bits per heavy atom. The maximum absolute atomic E-state index is 7.24. The highest BCUT2D eigenvalue weighted by Crippen LogP contribution is 2.43. The largest absolute Gasteiger partial charge is 0.115 e. The van der Waals surface area contributed by atoms with Crippen LogP contribution in [0.25, 0.3) is 120 Å². The van der Waals surface area contributed by atoms with Crippen LogP contribution in [-0.4, -0.2) is 70.6 Å². The first kappa shape index (κ1) is 39.9. The van der Waals surface area contributed by atoms with Gasteiger partial charge in [-0.15, -0.1) is 21.9 Å². The molecule has 0 aliphatic rings. The van der Waals surface area contributed by atoms with Gasteiger partial charge in [0.15, 0.2) is 0 Å². The van der Waals surface area contributed by atoms with Gasteiger partial charge in [-0.25, -0.2) is 0 Å². The van der Waals surface area contributed by atoms with Gasteiger partial charge in [-0.3, -0.25) is 0 Å². The second kappa shape index (κ2) is 14.7. The van der Waals surface area contributed by atoms with Crippen molar-refractivity contribution in [2.24, 2.45) is 0 Å². The van der Waals surface area contributed by atoms with Crippen molar-refractivity contribution in [3.8, 4) is 55.6 Å². The minimum absolute atomic E-state index is 0.0605. The van der Waals surface area contributed by atoms with Gasteiger partial charge in [0.2, 0.25) is 0 Å². The van der Waals surface area contributed by atoms with Crippen molar-refractivity contribution >= 4 is 184 Å². The molecule has 0 amide bonds. The van der Waals surface area contributed by atoms with E-state index in [1.165, 1.54) is 53.9 Å². The van der Waals surface area contributed by atoms with Gasteiger partial charge in [-0.1, -0.05) is 155 Å². The smallest absolute Gasteiger partial charge is 0.112 e. The van der Waals surface area contributed by atoms with Gasteiger partial charge >= 0.3 is 0 Å². The molecule has 0 fully saturated rings. The first-order valence-electron chi connectivity index (χ1n) is 21.4. The lowest BCUT2D eigenvalue weighted by atomic mass is 9.56. The molecule has 276 valence electrons. The molecule has 0 bridgehead atoms. The van der Waals surface area contributed by atoms with Gasteiger partial charge in [-0.2, -0.15) is 0 Å². The van der Waals surface area contributed by atoms with E-state index in [2.05, 4.69) is 152 Å². The summed E-state index contributed by atoms with van der Waals surface area (Å²) >= 11 is 0. The molecular formula is C56H25B9. The van der Waals surface area contributed by atoms with Crippen molar-refractivity contribution in [2.75, 3.05) is 0 Å². The molecule has 12 aromatic carbocycles. The molecule has 0 aromatic heterocycles. The van der Waals surface area contributed by atoms with Crippen molar-refractivity contribution < 1.29 is 0 Å². The Bertz CT molecular complexity index is 3940. The van der Waals surface area contributed by atoms with E-state index in [4.69, 9.17) is 70.6 Å². The minimum atomic E-state index is 0.0605. The molecule has 0 heterocycles. The van der Waals surface area contributed by atoms with E-state index < -0.39 is 0 Å². The van der Waals surface area contributed by atoms with Gasteiger partial charge in [0.1, 0.15) is 70.6 Å². The van der Waals surface area contributed by atoms with Gasteiger partial charge < -0.3 is 0 Å². The summed E-state index contributed by atoms with van der Waals surface area (Å²) in [5, 5.41) is 14.4. The zero-order chi connectivity index (χ0) is 44.6. The number of benzene rings is 12. The van der Waals surface area contributed by atoms with Crippen LogP contribution in [-0.2, 0) is 0 Å². The Hall–Kier alpha value is -6.70. The van der Waals surface area contributed by atoms with E-state index in [0.29, 0.717) is 11.1 Å². The predicted molar refractivity (Wildman–Crippen MR) is 290 cm³/mol. The molecule has 0 unspecified atom stereocenters. The lowest BCUT2D eigenvalue weighted by molar-refractivity contribution is 1.59. The number of hydrogen-bond donors (Lipinski definition) is 0. The quantitative estimate of drug-likeness (QED) is 0.171. The van der Waals surface area contributed by atoms with Crippen molar-refractivity contribution in [3.05, 3.63) is 152 Å². The number of rotatable bonds is 5. The van der Waals surface area contributed by atoms with E-state index in [1.807, 2.05) is 0 Å². The average molecular weight is 795 g/mol. The predicted octanol–water partition coefficient (Wildman–Crippen LogP) is 4.96. The van der Waals surface area contributed by atoms with Gasteiger partial charge in [-0.05, 0) is 145 Å². The Kier molecular flexibility index (Phi) is 8.99. The van der Waals surface area contributed by atoms with Crippen LogP contribution in [0.15, 0.2) is 152 Å². The van der Waals surface area contributed by atoms with Crippen LogP contribution in [0.2, 0.25) is 0 Å². The highest BCUT2D eigenvalue weighted by Gasteiger charge is 2.22. The highest BCUT2D eigenvalue weighted by atomic mass is 14.2. The van der Waals surface area contributed by atoms with Crippen LogP contribution < -0.4 is 49.2 Å². The second-order valence-electron chi connectivity index (χ2n) is 17.2. The topological polar surface area (TPSA) is 0 Å². The first-order chi connectivity index (χ1) is 31.5. The maximum atomic E-state index is 7.24. The van der Waals surface area contributed by atoms with Crippen LogP contribution in [0, 0.1) is 0 Å². The molecule has 0 saturated carbocycles.